The van der Waals surface area contributed by atoms with E-state index in [2.05, 4.69) is 25.6 Å². The zero-order chi connectivity index (χ0) is 23.9. The Labute approximate surface area is 204 Å². The van der Waals surface area contributed by atoms with E-state index in [1.807, 2.05) is 121 Å². The van der Waals surface area contributed by atoms with Crippen molar-refractivity contribution in [2.24, 2.45) is 0 Å². The Bertz CT molecular complexity index is 1380. The highest BCUT2D eigenvalue weighted by Gasteiger charge is 2.13. The molecular weight excluding hydrogens is 432 g/mol. The number of hydrogen-bond acceptors (Lipinski definition) is 6. The Morgan fingerprint density at radius 1 is 0.543 bits per heavy atom. The van der Waals surface area contributed by atoms with Crippen LogP contribution in [0.3, 0.4) is 0 Å². The number of benzene rings is 4. The normalized spacial score (nSPS) is 10.9. The van der Waals surface area contributed by atoms with E-state index in [1.54, 1.807) is 0 Å². The minimum absolute atomic E-state index is 0.421. The molecule has 0 fully saturated rings. The molecule has 0 aliphatic rings. The van der Waals surface area contributed by atoms with Gasteiger partial charge in [-0.3, -0.25) is 0 Å². The van der Waals surface area contributed by atoms with Gasteiger partial charge < -0.3 is 16.4 Å². The third-order valence-electron chi connectivity index (χ3n) is 5.33. The van der Waals surface area contributed by atoms with E-state index in [-0.39, 0.29) is 0 Å². The Morgan fingerprint density at radius 2 is 1.09 bits per heavy atom. The molecule has 4 aromatic carbocycles. The van der Waals surface area contributed by atoms with Crippen molar-refractivity contribution < 1.29 is 0 Å². The maximum Gasteiger partial charge on any atom is 0.232 e. The van der Waals surface area contributed by atoms with Gasteiger partial charge in [-0.2, -0.15) is 15.0 Å². The number of nitrogens with two attached hydrogens (primary N) is 1. The average Bonchev–Trinajstić information content (AvgIpc) is 2.90. The molecule has 0 saturated carbocycles. The van der Waals surface area contributed by atoms with Crippen LogP contribution >= 0.6 is 0 Å². The lowest BCUT2D eigenvalue weighted by molar-refractivity contribution is 1.07. The van der Waals surface area contributed by atoms with Crippen LogP contribution in [0.4, 0.5) is 29.0 Å². The molecule has 5 rings (SSSR count). The number of nitrogens with one attached hydrogen (secondary N) is 2. The van der Waals surface area contributed by atoms with Crippen LogP contribution in [0.5, 0.6) is 0 Å². The molecule has 6 nitrogen and oxygen atoms in total. The van der Waals surface area contributed by atoms with Crippen LogP contribution in [-0.4, -0.2) is 15.0 Å². The van der Waals surface area contributed by atoms with Crippen molar-refractivity contribution in [3.05, 3.63) is 120 Å². The fourth-order valence-corrected chi connectivity index (χ4v) is 3.58. The average molecular weight is 457 g/mol. The summed E-state index contributed by atoms with van der Waals surface area (Å²) in [6.07, 6.45) is 4.04. The Hall–Kier alpha value is -4.97. The molecule has 1 aromatic heterocycles. The fourth-order valence-electron chi connectivity index (χ4n) is 3.58. The summed E-state index contributed by atoms with van der Waals surface area (Å²) in [5.74, 6) is 1.32. The van der Waals surface area contributed by atoms with E-state index in [9.17, 15) is 0 Å². The second-order valence-corrected chi connectivity index (χ2v) is 7.84. The van der Waals surface area contributed by atoms with Crippen molar-refractivity contribution in [1.29, 1.82) is 0 Å². The van der Waals surface area contributed by atoms with Gasteiger partial charge in [0.15, 0.2) is 5.82 Å². The van der Waals surface area contributed by atoms with Crippen molar-refractivity contribution in [3.63, 3.8) is 0 Å². The standard InChI is InChI=1S/C29H24N6/c30-26-22(20-19-21-11-4-1-5-12-21)13-10-18-25(26)27-33-28(31-23-14-6-2-7-15-23)35-29(34-27)32-24-16-8-3-9-17-24/h1-20H,30H2,(H2,31,32,33,34,35). The van der Waals surface area contributed by atoms with Crippen LogP contribution in [0.15, 0.2) is 109 Å². The van der Waals surface area contributed by atoms with Gasteiger partial charge in [-0.15, -0.1) is 0 Å². The highest BCUT2D eigenvalue weighted by Crippen LogP contribution is 2.29. The maximum absolute atomic E-state index is 6.59. The zero-order valence-corrected chi connectivity index (χ0v) is 19.0. The van der Waals surface area contributed by atoms with Gasteiger partial charge in [0.1, 0.15) is 0 Å². The minimum Gasteiger partial charge on any atom is -0.398 e. The van der Waals surface area contributed by atoms with Gasteiger partial charge in [-0.1, -0.05) is 91.0 Å². The lowest BCUT2D eigenvalue weighted by Crippen LogP contribution is -2.06. The highest BCUT2D eigenvalue weighted by atomic mass is 15.2. The molecule has 0 unspecified atom stereocenters. The summed E-state index contributed by atoms with van der Waals surface area (Å²) < 4.78 is 0. The van der Waals surface area contributed by atoms with Crippen molar-refractivity contribution in [3.8, 4) is 11.4 Å². The second-order valence-electron chi connectivity index (χ2n) is 7.84. The number of rotatable bonds is 7. The number of hydrogen-bond donors (Lipinski definition) is 3. The van der Waals surface area contributed by atoms with Crippen LogP contribution in [0.1, 0.15) is 11.1 Å². The molecule has 0 radical (unpaired) electrons. The first kappa shape index (κ1) is 21.9. The van der Waals surface area contributed by atoms with Crippen molar-refractivity contribution >= 4 is 41.1 Å². The van der Waals surface area contributed by atoms with Crippen LogP contribution < -0.4 is 16.4 Å². The predicted octanol–water partition coefficient (Wildman–Crippen LogP) is 6.78. The molecule has 1 heterocycles. The van der Waals surface area contributed by atoms with Gasteiger partial charge in [0.2, 0.25) is 11.9 Å². The smallest absolute Gasteiger partial charge is 0.232 e. The SMILES string of the molecule is Nc1c(C=Cc2ccccc2)cccc1-c1nc(Nc2ccccc2)nc(Nc2ccccc2)n1. The molecule has 35 heavy (non-hydrogen) atoms. The van der Waals surface area contributed by atoms with Crippen LogP contribution in [-0.2, 0) is 0 Å². The number of nitrogen functional groups attached to an aromatic ring is 1. The first-order chi connectivity index (χ1) is 17.2. The first-order valence-electron chi connectivity index (χ1n) is 11.3. The molecule has 0 aliphatic heterocycles. The summed E-state index contributed by atoms with van der Waals surface area (Å²) in [6, 6.07) is 35.5. The minimum atomic E-state index is 0.421. The number of aromatic nitrogens is 3. The molecule has 4 N–H and O–H groups in total. The lowest BCUT2D eigenvalue weighted by Gasteiger charge is -2.12. The van der Waals surface area contributed by atoms with Gasteiger partial charge in [0.05, 0.1) is 0 Å². The summed E-state index contributed by atoms with van der Waals surface area (Å²) in [4.78, 5) is 13.9. The molecule has 0 bridgehead atoms. The molecule has 0 atom stereocenters. The van der Waals surface area contributed by atoms with Crippen LogP contribution in [0.25, 0.3) is 23.5 Å². The van der Waals surface area contributed by atoms with E-state index in [0.29, 0.717) is 23.4 Å². The molecular formula is C29H24N6. The van der Waals surface area contributed by atoms with Crippen LogP contribution in [0, 0.1) is 0 Å². The van der Waals surface area contributed by atoms with Gasteiger partial charge in [0.25, 0.3) is 0 Å². The second kappa shape index (κ2) is 10.3. The van der Waals surface area contributed by atoms with Gasteiger partial charge in [0, 0.05) is 22.6 Å². The Morgan fingerprint density at radius 3 is 1.66 bits per heavy atom. The van der Waals surface area contributed by atoms with Gasteiger partial charge >= 0.3 is 0 Å². The summed E-state index contributed by atoms with van der Waals surface area (Å²) in [7, 11) is 0. The summed E-state index contributed by atoms with van der Waals surface area (Å²) >= 11 is 0. The van der Waals surface area contributed by atoms with E-state index >= 15 is 0 Å². The monoisotopic (exact) mass is 456 g/mol. The zero-order valence-electron chi connectivity index (χ0n) is 19.0. The van der Waals surface area contributed by atoms with Crippen LogP contribution in [0.2, 0.25) is 0 Å². The van der Waals surface area contributed by atoms with E-state index in [4.69, 9.17) is 5.73 Å². The van der Waals surface area contributed by atoms with Crippen molar-refractivity contribution in [2.45, 2.75) is 0 Å². The summed E-state index contributed by atoms with van der Waals surface area (Å²) in [6.45, 7) is 0. The first-order valence-corrected chi connectivity index (χ1v) is 11.3. The quantitative estimate of drug-likeness (QED) is 0.185. The molecule has 0 amide bonds. The number of nitrogens with zero attached hydrogens (tertiary/aromatic N) is 3. The Balaban J connectivity index is 1.53. The number of anilines is 5. The van der Waals surface area contributed by atoms with Gasteiger partial charge in [-0.25, -0.2) is 0 Å². The van der Waals surface area contributed by atoms with E-state index in [1.165, 1.54) is 0 Å². The summed E-state index contributed by atoms with van der Waals surface area (Å²) in [5.41, 5.74) is 11.7. The molecule has 170 valence electrons. The fraction of sp³-hybridized carbons (Fsp3) is 0. The lowest BCUT2D eigenvalue weighted by atomic mass is 10.1. The molecule has 6 heteroatoms. The summed E-state index contributed by atoms with van der Waals surface area (Å²) in [5, 5.41) is 6.53. The maximum atomic E-state index is 6.59. The van der Waals surface area contributed by atoms with E-state index < -0.39 is 0 Å². The molecule has 0 spiro atoms. The van der Waals surface area contributed by atoms with E-state index in [0.717, 1.165) is 28.1 Å². The van der Waals surface area contributed by atoms with Crippen molar-refractivity contribution in [1.82, 2.24) is 15.0 Å². The number of para-hydroxylation sites is 3. The van der Waals surface area contributed by atoms with Gasteiger partial charge in [-0.05, 0) is 41.5 Å². The molecule has 5 aromatic rings. The third kappa shape index (κ3) is 5.51. The molecule has 0 saturated heterocycles. The highest BCUT2D eigenvalue weighted by molar-refractivity contribution is 5.84. The largest absolute Gasteiger partial charge is 0.398 e. The Kier molecular flexibility index (Phi) is 6.44. The van der Waals surface area contributed by atoms with Crippen molar-refractivity contribution in [2.75, 3.05) is 16.4 Å². The topological polar surface area (TPSA) is 88.8 Å². The predicted molar refractivity (Wildman–Crippen MR) is 144 cm³/mol. The third-order valence-corrected chi connectivity index (χ3v) is 5.33. The molecule has 0 aliphatic carbocycles.